The molecule has 2 aromatic heterocycles. The lowest BCUT2D eigenvalue weighted by molar-refractivity contribution is -0.116. The third-order valence-corrected chi connectivity index (χ3v) is 5.83. The molecule has 4 rings (SSSR count). The molecule has 0 saturated heterocycles. The van der Waals surface area contributed by atoms with Crippen molar-refractivity contribution < 1.29 is 14.3 Å². The van der Waals surface area contributed by atoms with Crippen LogP contribution in [0.3, 0.4) is 0 Å². The van der Waals surface area contributed by atoms with E-state index in [0.29, 0.717) is 27.8 Å². The van der Waals surface area contributed by atoms with Gasteiger partial charge in [-0.2, -0.15) is 0 Å². The van der Waals surface area contributed by atoms with E-state index in [9.17, 15) is 14.4 Å². The number of ketones is 1. The first-order valence-corrected chi connectivity index (χ1v) is 10.9. The van der Waals surface area contributed by atoms with E-state index < -0.39 is 11.2 Å². The van der Waals surface area contributed by atoms with Crippen molar-refractivity contribution in [2.45, 2.75) is 20.4 Å². The van der Waals surface area contributed by atoms with Crippen molar-refractivity contribution in [3.8, 4) is 5.75 Å². The summed E-state index contributed by atoms with van der Waals surface area (Å²) in [6, 6.07) is 15.2. The number of fused-ring (bicyclic) bond motifs is 1. The van der Waals surface area contributed by atoms with Gasteiger partial charge in [0.1, 0.15) is 17.9 Å². The van der Waals surface area contributed by atoms with Gasteiger partial charge >= 0.3 is 0 Å². The molecular weight excluding hydrogens is 454 g/mol. The van der Waals surface area contributed by atoms with Crippen LogP contribution in [0.25, 0.3) is 11.0 Å². The molecule has 0 unspecified atom stereocenters. The monoisotopic (exact) mass is 475 g/mol. The Morgan fingerprint density at radius 1 is 1.06 bits per heavy atom. The molecule has 0 aliphatic carbocycles. The van der Waals surface area contributed by atoms with Crippen LogP contribution >= 0.6 is 11.6 Å². The van der Waals surface area contributed by atoms with Gasteiger partial charge in [0.25, 0.3) is 0 Å². The molecule has 4 aromatic rings. The number of halogens is 1. The van der Waals surface area contributed by atoms with E-state index in [1.165, 1.54) is 17.9 Å². The van der Waals surface area contributed by atoms with Crippen molar-refractivity contribution in [2.75, 3.05) is 12.4 Å². The number of nitrogens with zero attached hydrogens (tertiary/aromatic N) is 2. The molecule has 0 radical (unpaired) electrons. The van der Waals surface area contributed by atoms with Gasteiger partial charge < -0.3 is 14.6 Å². The number of carbonyl (C=O) groups is 2. The topological polar surface area (TPSA) is 90.3 Å². The summed E-state index contributed by atoms with van der Waals surface area (Å²) < 4.78 is 6.80. The number of benzene rings is 2. The van der Waals surface area contributed by atoms with E-state index in [2.05, 4.69) is 10.3 Å². The minimum atomic E-state index is -0.496. The highest BCUT2D eigenvalue weighted by atomic mass is 35.5. The molecule has 34 heavy (non-hydrogen) atoms. The summed E-state index contributed by atoms with van der Waals surface area (Å²) in [6.07, 6.45) is 1.38. The van der Waals surface area contributed by atoms with Gasteiger partial charge in [-0.3, -0.25) is 14.4 Å². The van der Waals surface area contributed by atoms with Crippen LogP contribution in [0.2, 0.25) is 5.02 Å². The van der Waals surface area contributed by atoms with Gasteiger partial charge in [0.15, 0.2) is 0 Å². The molecular formula is C26H22ClN3O4. The number of carbonyl (C=O) groups excluding carboxylic acids is 2. The fourth-order valence-electron chi connectivity index (χ4n) is 3.65. The number of hydrogen-bond donors (Lipinski definition) is 1. The first-order valence-electron chi connectivity index (χ1n) is 10.5. The molecule has 0 fully saturated rings. The van der Waals surface area contributed by atoms with E-state index >= 15 is 0 Å². The molecule has 1 amide bonds. The number of ether oxygens (including phenoxy) is 1. The maximum atomic E-state index is 13.3. The Labute approximate surface area is 201 Å². The van der Waals surface area contributed by atoms with Gasteiger partial charge in [0.2, 0.25) is 17.1 Å². The Bertz CT molecular complexity index is 1490. The Hall–Kier alpha value is -3.97. The van der Waals surface area contributed by atoms with Crippen molar-refractivity contribution in [2.24, 2.45) is 0 Å². The van der Waals surface area contributed by atoms with Gasteiger partial charge in [-0.1, -0.05) is 29.8 Å². The average molecular weight is 476 g/mol. The molecule has 8 heteroatoms. The van der Waals surface area contributed by atoms with E-state index in [1.807, 2.05) is 13.0 Å². The molecule has 0 aliphatic heterocycles. The lowest BCUT2D eigenvalue weighted by Crippen LogP contribution is -2.25. The van der Waals surface area contributed by atoms with E-state index in [1.54, 1.807) is 55.5 Å². The molecule has 0 aliphatic rings. The molecule has 1 N–H and O–H groups in total. The molecule has 7 nitrogen and oxygen atoms in total. The smallest absolute Gasteiger partial charge is 0.244 e. The second-order valence-corrected chi connectivity index (χ2v) is 8.27. The predicted octanol–water partition coefficient (Wildman–Crippen LogP) is 4.55. The van der Waals surface area contributed by atoms with Crippen LogP contribution in [0, 0.1) is 13.8 Å². The summed E-state index contributed by atoms with van der Waals surface area (Å²) in [5.74, 6) is -0.497. The quantitative estimate of drug-likeness (QED) is 0.413. The van der Waals surface area contributed by atoms with Gasteiger partial charge in [-0.25, -0.2) is 4.98 Å². The number of methoxy groups -OCH3 is 1. The van der Waals surface area contributed by atoms with Gasteiger partial charge in [0.05, 0.1) is 23.6 Å². The number of hydrogen-bond acceptors (Lipinski definition) is 5. The molecule has 2 aromatic carbocycles. The number of amides is 1. The van der Waals surface area contributed by atoms with Crippen LogP contribution in [-0.4, -0.2) is 28.4 Å². The second-order valence-electron chi connectivity index (χ2n) is 7.87. The van der Waals surface area contributed by atoms with Crippen LogP contribution in [0.4, 0.5) is 5.69 Å². The van der Waals surface area contributed by atoms with Crippen LogP contribution in [0.5, 0.6) is 5.75 Å². The van der Waals surface area contributed by atoms with Crippen molar-refractivity contribution >= 4 is 40.0 Å². The van der Waals surface area contributed by atoms with Gasteiger partial charge in [-0.05, 0) is 55.8 Å². The summed E-state index contributed by atoms with van der Waals surface area (Å²) >= 11 is 6.16. The highest BCUT2D eigenvalue weighted by molar-refractivity contribution is 6.31. The van der Waals surface area contributed by atoms with Gasteiger partial charge in [0, 0.05) is 22.6 Å². The molecule has 2 heterocycles. The third kappa shape index (κ3) is 4.56. The molecule has 0 saturated carbocycles. The number of anilines is 1. The lowest BCUT2D eigenvalue weighted by Gasteiger charge is -2.14. The fourth-order valence-corrected chi connectivity index (χ4v) is 3.83. The van der Waals surface area contributed by atoms with E-state index in [-0.39, 0.29) is 29.0 Å². The standard InChI is InChI=1S/C26H22ClN3O4/c1-15-8-10-17(12-21(15)27)29-23(31)14-30-13-20(24(32)18-6-4-5-7-22(18)34-3)25(33)19-11-9-16(2)28-26(19)30/h4-13H,14H2,1-3H3,(H,29,31). The molecule has 0 bridgehead atoms. The van der Waals surface area contributed by atoms with Crippen LogP contribution in [0.1, 0.15) is 27.2 Å². The minimum Gasteiger partial charge on any atom is -0.496 e. The summed E-state index contributed by atoms with van der Waals surface area (Å²) in [4.78, 5) is 43.9. The van der Waals surface area contributed by atoms with E-state index in [4.69, 9.17) is 16.3 Å². The Morgan fingerprint density at radius 3 is 2.56 bits per heavy atom. The largest absolute Gasteiger partial charge is 0.496 e. The first-order chi connectivity index (χ1) is 16.3. The molecule has 0 atom stereocenters. The van der Waals surface area contributed by atoms with Crippen LogP contribution < -0.4 is 15.5 Å². The normalized spacial score (nSPS) is 10.8. The summed E-state index contributed by atoms with van der Waals surface area (Å²) in [6.45, 7) is 3.50. The first kappa shape index (κ1) is 23.2. The zero-order chi connectivity index (χ0) is 24.4. The van der Waals surface area contributed by atoms with Crippen molar-refractivity contribution in [3.05, 3.63) is 98.4 Å². The fraction of sp³-hybridized carbons (Fsp3) is 0.154. The number of nitrogens with one attached hydrogen (secondary N) is 1. The van der Waals surface area contributed by atoms with Crippen molar-refractivity contribution in [1.82, 2.24) is 9.55 Å². The number of aromatic nitrogens is 2. The lowest BCUT2D eigenvalue weighted by atomic mass is 10.0. The van der Waals surface area contributed by atoms with Crippen LogP contribution in [-0.2, 0) is 11.3 Å². The number of para-hydroxylation sites is 1. The average Bonchev–Trinajstić information content (AvgIpc) is 2.82. The van der Waals surface area contributed by atoms with E-state index in [0.717, 1.165) is 5.56 Å². The Balaban J connectivity index is 1.77. The number of aryl methyl sites for hydroxylation is 2. The molecule has 172 valence electrons. The Kier molecular flexibility index (Phi) is 6.47. The van der Waals surface area contributed by atoms with Crippen molar-refractivity contribution in [3.63, 3.8) is 0 Å². The summed E-state index contributed by atoms with van der Waals surface area (Å²) in [7, 11) is 1.46. The van der Waals surface area contributed by atoms with Gasteiger partial charge in [-0.15, -0.1) is 0 Å². The summed E-state index contributed by atoms with van der Waals surface area (Å²) in [5, 5.41) is 3.58. The maximum Gasteiger partial charge on any atom is 0.244 e. The zero-order valence-corrected chi connectivity index (χ0v) is 19.6. The maximum absolute atomic E-state index is 13.3. The minimum absolute atomic E-state index is 0.0752. The second kappa shape index (κ2) is 9.49. The summed E-state index contributed by atoms with van der Waals surface area (Å²) in [5.41, 5.74) is 2.15. The zero-order valence-electron chi connectivity index (χ0n) is 18.9. The highest BCUT2D eigenvalue weighted by Crippen LogP contribution is 2.22. The highest BCUT2D eigenvalue weighted by Gasteiger charge is 2.21. The molecule has 0 spiro atoms. The SMILES string of the molecule is COc1ccccc1C(=O)c1cn(CC(=O)Nc2ccc(C)c(Cl)c2)c2nc(C)ccc2c1=O. The third-order valence-electron chi connectivity index (χ3n) is 5.43. The predicted molar refractivity (Wildman–Crippen MR) is 132 cm³/mol. The van der Waals surface area contributed by atoms with Crippen molar-refractivity contribution in [1.29, 1.82) is 0 Å². The number of rotatable bonds is 6. The Morgan fingerprint density at radius 2 is 1.82 bits per heavy atom. The number of pyridine rings is 2. The van der Waals surface area contributed by atoms with Crippen LogP contribution in [0.15, 0.2) is 65.6 Å².